The number of halogens is 1. The first-order chi connectivity index (χ1) is 17.3. The Hall–Kier alpha value is -3.44. The number of carbonyl (C=O) groups excluding carboxylic acids is 2. The van der Waals surface area contributed by atoms with Gasteiger partial charge in [-0.2, -0.15) is 0 Å². The molecular formula is C28H32FN3O4. The van der Waals surface area contributed by atoms with Crippen LogP contribution in [0.15, 0.2) is 36.5 Å². The summed E-state index contributed by atoms with van der Waals surface area (Å²) in [6.45, 7) is 4.30. The van der Waals surface area contributed by atoms with Crippen molar-refractivity contribution >= 4 is 11.8 Å². The van der Waals surface area contributed by atoms with Crippen LogP contribution >= 0.6 is 0 Å². The molecule has 0 unspecified atom stereocenters. The smallest absolute Gasteiger partial charge is 0.259 e. The van der Waals surface area contributed by atoms with Gasteiger partial charge in [-0.25, -0.2) is 9.37 Å². The first kappa shape index (κ1) is 25.6. The lowest BCUT2D eigenvalue weighted by Crippen LogP contribution is -2.51. The van der Waals surface area contributed by atoms with E-state index in [1.807, 2.05) is 6.92 Å². The largest absolute Gasteiger partial charge is 0.472 e. The fourth-order valence-corrected chi connectivity index (χ4v) is 4.43. The molecular weight excluding hydrogens is 461 g/mol. The van der Waals surface area contributed by atoms with E-state index in [0.717, 1.165) is 19.3 Å². The molecule has 2 heterocycles. The van der Waals surface area contributed by atoms with E-state index in [2.05, 4.69) is 16.8 Å². The van der Waals surface area contributed by atoms with Crippen molar-refractivity contribution in [2.24, 2.45) is 11.8 Å². The fraction of sp³-hybridized carbons (Fsp3) is 0.464. The summed E-state index contributed by atoms with van der Waals surface area (Å²) in [5, 5.41) is 9.82. The van der Waals surface area contributed by atoms with Crippen molar-refractivity contribution in [1.29, 1.82) is 0 Å². The predicted molar refractivity (Wildman–Crippen MR) is 133 cm³/mol. The van der Waals surface area contributed by atoms with Crippen LogP contribution in [0.25, 0.3) is 0 Å². The van der Waals surface area contributed by atoms with E-state index in [1.54, 1.807) is 42.0 Å². The number of likely N-dealkylation sites (N-methyl/N-ethyl adjacent to an activating group) is 1. The van der Waals surface area contributed by atoms with Gasteiger partial charge in [0.05, 0.1) is 19.2 Å². The lowest BCUT2D eigenvalue weighted by Gasteiger charge is -2.38. The summed E-state index contributed by atoms with van der Waals surface area (Å²) in [4.78, 5) is 34.0. The Morgan fingerprint density at radius 1 is 1.31 bits per heavy atom. The number of aliphatic hydroxyl groups excluding tert-OH is 1. The van der Waals surface area contributed by atoms with Crippen LogP contribution in [0.3, 0.4) is 0 Å². The van der Waals surface area contributed by atoms with Crippen molar-refractivity contribution in [2.45, 2.75) is 45.3 Å². The number of rotatable bonds is 5. The Bertz CT molecular complexity index is 1190. The Morgan fingerprint density at radius 3 is 2.72 bits per heavy atom. The topological polar surface area (TPSA) is 83.0 Å². The van der Waals surface area contributed by atoms with Gasteiger partial charge < -0.3 is 19.6 Å². The number of benzene rings is 1. The molecule has 2 aliphatic rings. The zero-order chi connectivity index (χ0) is 25.8. The maximum Gasteiger partial charge on any atom is 0.259 e. The quantitative estimate of drug-likeness (QED) is 0.648. The molecule has 190 valence electrons. The second-order valence-electron chi connectivity index (χ2n) is 9.81. The molecule has 1 saturated carbocycles. The molecule has 0 bridgehead atoms. The predicted octanol–water partition coefficient (Wildman–Crippen LogP) is 3.10. The first-order valence-electron chi connectivity index (χ1n) is 12.4. The number of nitrogens with zero attached hydrogens (tertiary/aromatic N) is 3. The van der Waals surface area contributed by atoms with Gasteiger partial charge in [0, 0.05) is 42.8 Å². The highest BCUT2D eigenvalue weighted by Gasteiger charge is 2.36. The van der Waals surface area contributed by atoms with Gasteiger partial charge in [0.15, 0.2) is 0 Å². The van der Waals surface area contributed by atoms with Crippen molar-refractivity contribution < 1.29 is 23.8 Å². The maximum atomic E-state index is 13.5. The number of hydrogen-bond donors (Lipinski definition) is 1. The Kier molecular flexibility index (Phi) is 7.90. The molecule has 0 saturated heterocycles. The maximum absolute atomic E-state index is 13.5. The summed E-state index contributed by atoms with van der Waals surface area (Å²) in [6.07, 6.45) is 4.05. The molecule has 0 spiro atoms. The third-order valence-electron chi connectivity index (χ3n) is 6.98. The van der Waals surface area contributed by atoms with Crippen LogP contribution < -0.4 is 4.74 Å². The fourth-order valence-electron chi connectivity index (χ4n) is 4.43. The van der Waals surface area contributed by atoms with Crippen molar-refractivity contribution in [3.63, 3.8) is 0 Å². The summed E-state index contributed by atoms with van der Waals surface area (Å²) in [5.41, 5.74) is 1.23. The highest BCUT2D eigenvalue weighted by atomic mass is 19.1. The van der Waals surface area contributed by atoms with Crippen LogP contribution in [0.4, 0.5) is 4.39 Å². The summed E-state index contributed by atoms with van der Waals surface area (Å²) in [6, 6.07) is 7.16. The van der Waals surface area contributed by atoms with E-state index in [0.29, 0.717) is 24.2 Å². The van der Waals surface area contributed by atoms with Crippen LogP contribution in [-0.4, -0.2) is 70.6 Å². The second-order valence-corrected chi connectivity index (χ2v) is 9.81. The van der Waals surface area contributed by atoms with E-state index in [-0.39, 0.29) is 47.5 Å². The second kappa shape index (κ2) is 11.1. The lowest BCUT2D eigenvalue weighted by molar-refractivity contribution is -0.138. The average Bonchev–Trinajstić information content (AvgIpc) is 2.83. The minimum atomic E-state index is -0.414. The SMILES string of the molecule is C[C@@H]1CN([C@@H](C)CO)C(=O)c2cc(C#Cc3cccc(F)c3)cnc2O[C@H]1CN(C)C(=O)C1CCC1. The standard InChI is InChI=1S/C28H32FN3O4/c1-18-15-32(19(2)17-33)28(35)24-13-21(11-10-20-6-4-9-23(29)12-20)14-30-26(24)36-25(18)16-31(3)27(34)22-7-5-8-22/h4,6,9,12-14,18-19,22,25,33H,5,7-8,15-17H2,1-3H3/t18-,19+,25+/m1/s1. The minimum Gasteiger partial charge on any atom is -0.472 e. The molecule has 1 aliphatic heterocycles. The number of pyridine rings is 1. The molecule has 2 aromatic rings. The normalized spacial score (nSPS) is 20.6. The lowest BCUT2D eigenvalue weighted by atomic mass is 9.84. The first-order valence-corrected chi connectivity index (χ1v) is 12.4. The molecule has 1 aromatic carbocycles. The van der Waals surface area contributed by atoms with Crippen LogP contribution in [0.1, 0.15) is 54.6 Å². The third kappa shape index (κ3) is 5.68. The molecule has 1 aliphatic carbocycles. The molecule has 1 fully saturated rings. The van der Waals surface area contributed by atoms with Gasteiger partial charge in [0.25, 0.3) is 5.91 Å². The summed E-state index contributed by atoms with van der Waals surface area (Å²) in [7, 11) is 1.79. The van der Waals surface area contributed by atoms with Crippen LogP contribution in [-0.2, 0) is 4.79 Å². The molecule has 1 aromatic heterocycles. The van der Waals surface area contributed by atoms with Crippen LogP contribution in [0, 0.1) is 29.5 Å². The Morgan fingerprint density at radius 2 is 2.06 bits per heavy atom. The number of ether oxygens (including phenoxy) is 1. The third-order valence-corrected chi connectivity index (χ3v) is 6.98. The van der Waals surface area contributed by atoms with Gasteiger partial charge in [-0.3, -0.25) is 9.59 Å². The molecule has 1 N–H and O–H groups in total. The molecule has 8 heteroatoms. The van der Waals surface area contributed by atoms with E-state index in [1.165, 1.54) is 18.3 Å². The van der Waals surface area contributed by atoms with Crippen molar-refractivity contribution in [2.75, 3.05) is 26.7 Å². The zero-order valence-electron chi connectivity index (χ0n) is 20.9. The average molecular weight is 494 g/mol. The molecule has 4 rings (SSSR count). The van der Waals surface area contributed by atoms with Crippen molar-refractivity contribution in [3.05, 3.63) is 59.0 Å². The number of aromatic nitrogens is 1. The number of carbonyl (C=O) groups is 2. The zero-order valence-corrected chi connectivity index (χ0v) is 20.9. The van der Waals surface area contributed by atoms with Crippen molar-refractivity contribution in [3.8, 4) is 17.7 Å². The molecule has 2 amide bonds. The summed E-state index contributed by atoms with van der Waals surface area (Å²) in [5.74, 6) is 5.41. The van der Waals surface area contributed by atoms with Crippen LogP contribution in [0.2, 0.25) is 0 Å². The Labute approximate surface area is 211 Å². The highest BCUT2D eigenvalue weighted by molar-refractivity contribution is 5.97. The number of amides is 2. The van der Waals surface area contributed by atoms with E-state index in [9.17, 15) is 19.1 Å². The molecule has 0 radical (unpaired) electrons. The molecule has 7 nitrogen and oxygen atoms in total. The van der Waals surface area contributed by atoms with E-state index in [4.69, 9.17) is 4.74 Å². The van der Waals surface area contributed by atoms with Crippen molar-refractivity contribution in [1.82, 2.24) is 14.8 Å². The highest BCUT2D eigenvalue weighted by Crippen LogP contribution is 2.30. The number of fused-ring (bicyclic) bond motifs is 1. The van der Waals surface area contributed by atoms with Gasteiger partial charge in [0.1, 0.15) is 17.5 Å². The number of hydrogen-bond acceptors (Lipinski definition) is 5. The van der Waals surface area contributed by atoms with Gasteiger partial charge in [-0.1, -0.05) is 31.3 Å². The van der Waals surface area contributed by atoms with Gasteiger partial charge in [-0.05, 0) is 44.0 Å². The number of aliphatic hydroxyl groups is 1. The summed E-state index contributed by atoms with van der Waals surface area (Å²) >= 11 is 0. The summed E-state index contributed by atoms with van der Waals surface area (Å²) < 4.78 is 19.7. The van der Waals surface area contributed by atoms with E-state index < -0.39 is 12.1 Å². The minimum absolute atomic E-state index is 0.0796. The molecule has 36 heavy (non-hydrogen) atoms. The monoisotopic (exact) mass is 493 g/mol. The van der Waals surface area contributed by atoms with Gasteiger partial charge >= 0.3 is 0 Å². The van der Waals surface area contributed by atoms with E-state index >= 15 is 0 Å². The molecule has 3 atom stereocenters. The van der Waals surface area contributed by atoms with Gasteiger partial charge in [-0.15, -0.1) is 0 Å². The van der Waals surface area contributed by atoms with Crippen LogP contribution in [0.5, 0.6) is 5.88 Å². The van der Waals surface area contributed by atoms with Gasteiger partial charge in [0.2, 0.25) is 11.8 Å². The Balaban J connectivity index is 1.64.